The van der Waals surface area contributed by atoms with Crippen LogP contribution in [0.25, 0.3) is 0 Å². The fourth-order valence-corrected chi connectivity index (χ4v) is 3.15. The molecular formula is C12H22N2O2. The van der Waals surface area contributed by atoms with Crippen LogP contribution in [0.5, 0.6) is 0 Å². The Kier molecular flexibility index (Phi) is 3.22. The third-order valence-electron chi connectivity index (χ3n) is 4.27. The first-order valence-corrected chi connectivity index (χ1v) is 6.33. The number of hydrogen-bond donors (Lipinski definition) is 2. The Morgan fingerprint density at radius 3 is 2.56 bits per heavy atom. The van der Waals surface area contributed by atoms with Crippen LogP contribution < -0.4 is 5.73 Å². The van der Waals surface area contributed by atoms with E-state index in [2.05, 4.69) is 6.92 Å². The zero-order valence-corrected chi connectivity index (χ0v) is 9.98. The molecule has 0 radical (unpaired) electrons. The monoisotopic (exact) mass is 226 g/mol. The van der Waals surface area contributed by atoms with Crippen molar-refractivity contribution in [3.05, 3.63) is 0 Å². The zero-order chi connectivity index (χ0) is 11.8. The molecule has 1 heterocycles. The number of aliphatic carboxylic acids is 1. The smallest absolute Gasteiger partial charge is 0.338 e. The summed E-state index contributed by atoms with van der Waals surface area (Å²) in [7, 11) is 0. The van der Waals surface area contributed by atoms with E-state index in [1.807, 2.05) is 4.90 Å². The number of carboxylic acids is 1. The molecule has 2 aliphatic rings. The van der Waals surface area contributed by atoms with Gasteiger partial charge in [0.1, 0.15) is 0 Å². The third-order valence-corrected chi connectivity index (χ3v) is 4.27. The lowest BCUT2D eigenvalue weighted by Gasteiger charge is -2.40. The van der Waals surface area contributed by atoms with E-state index in [0.29, 0.717) is 12.5 Å². The van der Waals surface area contributed by atoms with Gasteiger partial charge in [-0.15, -0.1) is 0 Å². The van der Waals surface area contributed by atoms with Crippen molar-refractivity contribution >= 4 is 5.97 Å². The van der Waals surface area contributed by atoms with E-state index >= 15 is 0 Å². The van der Waals surface area contributed by atoms with Crippen LogP contribution >= 0.6 is 0 Å². The van der Waals surface area contributed by atoms with Gasteiger partial charge in [0.15, 0.2) is 5.66 Å². The summed E-state index contributed by atoms with van der Waals surface area (Å²) in [6.07, 6.45) is 6.12. The molecule has 0 spiro atoms. The van der Waals surface area contributed by atoms with Gasteiger partial charge >= 0.3 is 5.97 Å². The van der Waals surface area contributed by atoms with Crippen molar-refractivity contribution in [2.45, 2.75) is 57.2 Å². The maximum Gasteiger partial charge on any atom is 0.338 e. The first-order chi connectivity index (χ1) is 7.54. The number of nitrogens with two attached hydrogens (primary N) is 1. The summed E-state index contributed by atoms with van der Waals surface area (Å²) in [5.74, 6) is -0.0699. The van der Waals surface area contributed by atoms with Crippen LogP contribution in [0.2, 0.25) is 0 Å². The number of nitrogens with zero attached hydrogens (tertiary/aromatic N) is 1. The van der Waals surface area contributed by atoms with Gasteiger partial charge in [0.2, 0.25) is 0 Å². The van der Waals surface area contributed by atoms with E-state index < -0.39 is 11.6 Å². The van der Waals surface area contributed by atoms with Crippen LogP contribution in [0.15, 0.2) is 0 Å². The number of rotatable bonds is 2. The molecule has 1 saturated heterocycles. The van der Waals surface area contributed by atoms with E-state index in [1.165, 1.54) is 12.8 Å². The molecule has 0 aromatic heterocycles. The topological polar surface area (TPSA) is 66.6 Å². The molecule has 1 aliphatic heterocycles. The summed E-state index contributed by atoms with van der Waals surface area (Å²) in [6, 6.07) is 0.389. The highest BCUT2D eigenvalue weighted by molar-refractivity contribution is 5.78. The van der Waals surface area contributed by atoms with Crippen molar-refractivity contribution in [3.8, 4) is 0 Å². The largest absolute Gasteiger partial charge is 0.479 e. The predicted octanol–water partition coefficient (Wildman–Crippen LogP) is 1.40. The van der Waals surface area contributed by atoms with E-state index in [9.17, 15) is 9.90 Å². The quantitative estimate of drug-likeness (QED) is 0.747. The Morgan fingerprint density at radius 1 is 1.38 bits per heavy atom. The zero-order valence-electron chi connectivity index (χ0n) is 9.98. The van der Waals surface area contributed by atoms with E-state index in [4.69, 9.17) is 5.73 Å². The van der Waals surface area contributed by atoms with Gasteiger partial charge in [0.25, 0.3) is 0 Å². The van der Waals surface area contributed by atoms with Crippen molar-refractivity contribution in [1.82, 2.24) is 4.90 Å². The summed E-state index contributed by atoms with van der Waals surface area (Å²) in [5.41, 5.74) is 4.95. The molecule has 0 bridgehead atoms. The average molecular weight is 226 g/mol. The number of hydrogen-bond acceptors (Lipinski definition) is 3. The summed E-state index contributed by atoms with van der Waals surface area (Å²) in [5, 5.41) is 9.26. The standard InChI is InChI=1S/C12H22N2O2/c1-9-3-5-10(6-4-9)14-8-2-7-12(14,13)11(15)16/h9-10H,2-8,13H2,1H3,(H,15,16). The predicted molar refractivity (Wildman–Crippen MR) is 61.9 cm³/mol. The highest BCUT2D eigenvalue weighted by Crippen LogP contribution is 2.34. The van der Waals surface area contributed by atoms with Gasteiger partial charge in [-0.05, 0) is 44.4 Å². The van der Waals surface area contributed by atoms with Crippen LogP contribution in [0.3, 0.4) is 0 Å². The lowest BCUT2D eigenvalue weighted by atomic mass is 9.86. The Bertz CT molecular complexity index is 274. The molecule has 1 saturated carbocycles. The number of carbonyl (C=O) groups is 1. The summed E-state index contributed by atoms with van der Waals surface area (Å²) < 4.78 is 0. The molecule has 3 N–H and O–H groups in total. The van der Waals surface area contributed by atoms with E-state index in [0.717, 1.165) is 31.7 Å². The molecule has 1 unspecified atom stereocenters. The van der Waals surface area contributed by atoms with Crippen molar-refractivity contribution in [3.63, 3.8) is 0 Å². The Morgan fingerprint density at radius 2 is 2.00 bits per heavy atom. The number of carboxylic acid groups (broad SMARTS) is 1. The van der Waals surface area contributed by atoms with Crippen LogP contribution in [0.1, 0.15) is 45.4 Å². The maximum atomic E-state index is 11.3. The highest BCUT2D eigenvalue weighted by atomic mass is 16.4. The minimum atomic E-state index is -1.09. The van der Waals surface area contributed by atoms with Crippen molar-refractivity contribution < 1.29 is 9.90 Å². The van der Waals surface area contributed by atoms with Gasteiger partial charge in [-0.3, -0.25) is 4.90 Å². The lowest BCUT2D eigenvalue weighted by Crippen LogP contribution is -2.61. The van der Waals surface area contributed by atoms with Gasteiger partial charge in [-0.1, -0.05) is 6.92 Å². The minimum absolute atomic E-state index is 0.389. The van der Waals surface area contributed by atoms with Crippen molar-refractivity contribution in [2.24, 2.45) is 11.7 Å². The third kappa shape index (κ3) is 1.96. The molecule has 16 heavy (non-hydrogen) atoms. The van der Waals surface area contributed by atoms with E-state index in [-0.39, 0.29) is 0 Å². The van der Waals surface area contributed by atoms with Crippen molar-refractivity contribution in [1.29, 1.82) is 0 Å². The van der Waals surface area contributed by atoms with E-state index in [1.54, 1.807) is 0 Å². The molecule has 1 atom stereocenters. The molecular weight excluding hydrogens is 204 g/mol. The second-order valence-electron chi connectivity index (χ2n) is 5.44. The first kappa shape index (κ1) is 11.9. The van der Waals surface area contributed by atoms with Crippen LogP contribution in [-0.4, -0.2) is 34.2 Å². The van der Waals surface area contributed by atoms with Gasteiger partial charge < -0.3 is 10.8 Å². The van der Waals surface area contributed by atoms with Gasteiger partial charge in [0, 0.05) is 12.6 Å². The molecule has 4 nitrogen and oxygen atoms in total. The van der Waals surface area contributed by atoms with Gasteiger partial charge in [-0.25, -0.2) is 4.79 Å². The second kappa shape index (κ2) is 4.34. The number of likely N-dealkylation sites (tertiary alicyclic amines) is 1. The molecule has 0 amide bonds. The van der Waals surface area contributed by atoms with Crippen LogP contribution in [-0.2, 0) is 4.79 Å². The maximum absolute atomic E-state index is 11.3. The molecule has 0 aromatic carbocycles. The molecule has 4 heteroatoms. The normalized spacial score (nSPS) is 41.1. The average Bonchev–Trinajstić information content (AvgIpc) is 2.63. The summed E-state index contributed by atoms with van der Waals surface area (Å²) in [6.45, 7) is 3.12. The SMILES string of the molecule is CC1CCC(N2CCCC2(N)C(=O)O)CC1. The lowest BCUT2D eigenvalue weighted by molar-refractivity contribution is -0.151. The van der Waals surface area contributed by atoms with Crippen molar-refractivity contribution in [2.75, 3.05) is 6.54 Å². The molecule has 0 aromatic rings. The molecule has 2 rings (SSSR count). The summed E-state index contributed by atoms with van der Waals surface area (Å²) in [4.78, 5) is 13.3. The highest BCUT2D eigenvalue weighted by Gasteiger charge is 2.47. The van der Waals surface area contributed by atoms with Gasteiger partial charge in [0.05, 0.1) is 0 Å². The Labute approximate surface area is 96.8 Å². The first-order valence-electron chi connectivity index (χ1n) is 6.33. The molecule has 2 fully saturated rings. The second-order valence-corrected chi connectivity index (χ2v) is 5.44. The molecule has 92 valence electrons. The Hall–Kier alpha value is -0.610. The minimum Gasteiger partial charge on any atom is -0.479 e. The van der Waals surface area contributed by atoms with Gasteiger partial charge in [-0.2, -0.15) is 0 Å². The fraction of sp³-hybridized carbons (Fsp3) is 0.917. The molecule has 1 aliphatic carbocycles. The fourth-order valence-electron chi connectivity index (χ4n) is 3.15. The van der Waals surface area contributed by atoms with Crippen LogP contribution in [0.4, 0.5) is 0 Å². The van der Waals surface area contributed by atoms with Crippen LogP contribution in [0, 0.1) is 5.92 Å². The Balaban J connectivity index is 2.06. The summed E-state index contributed by atoms with van der Waals surface area (Å²) >= 11 is 0.